The van der Waals surface area contributed by atoms with Crippen molar-refractivity contribution in [3.05, 3.63) is 0 Å². The van der Waals surface area contributed by atoms with Crippen LogP contribution >= 0.6 is 0 Å². The second-order valence-electron chi connectivity index (χ2n) is 5.73. The molecule has 0 aromatic carbocycles. The lowest BCUT2D eigenvalue weighted by Crippen LogP contribution is -2.51. The summed E-state index contributed by atoms with van der Waals surface area (Å²) in [4.78, 5) is 2.44. The average Bonchev–Trinajstić information content (AvgIpc) is 2.74. The van der Waals surface area contributed by atoms with Crippen LogP contribution in [0.2, 0.25) is 0 Å². The monoisotopic (exact) mass is 264 g/mol. The van der Waals surface area contributed by atoms with Gasteiger partial charge in [0.2, 0.25) is 0 Å². The largest absolute Gasteiger partial charge is 0.401 e. The number of alkyl halides is 3. The van der Waals surface area contributed by atoms with Crippen molar-refractivity contribution in [1.82, 2.24) is 10.2 Å². The standard InChI is InChI=1S/C13H23F3N2/c1-10(8-17-9-13(14,15)16)18-7-3-5-11-4-2-6-12(11)18/h10-12,17H,2-9H2,1H3. The van der Waals surface area contributed by atoms with Crippen molar-refractivity contribution >= 4 is 0 Å². The number of rotatable bonds is 4. The second kappa shape index (κ2) is 5.78. The van der Waals surface area contributed by atoms with E-state index in [1.165, 1.54) is 32.1 Å². The van der Waals surface area contributed by atoms with Crippen LogP contribution in [-0.4, -0.2) is 42.8 Å². The fourth-order valence-electron chi connectivity index (χ4n) is 3.58. The van der Waals surface area contributed by atoms with Gasteiger partial charge in [-0.25, -0.2) is 0 Å². The molecule has 5 heteroatoms. The van der Waals surface area contributed by atoms with Gasteiger partial charge in [-0.15, -0.1) is 0 Å². The van der Waals surface area contributed by atoms with E-state index >= 15 is 0 Å². The first-order valence-electron chi connectivity index (χ1n) is 7.00. The fourth-order valence-corrected chi connectivity index (χ4v) is 3.58. The van der Waals surface area contributed by atoms with E-state index < -0.39 is 12.7 Å². The number of hydrogen-bond donors (Lipinski definition) is 1. The van der Waals surface area contributed by atoms with Crippen molar-refractivity contribution < 1.29 is 13.2 Å². The Hall–Kier alpha value is -0.290. The van der Waals surface area contributed by atoms with Gasteiger partial charge in [-0.2, -0.15) is 13.2 Å². The maximum absolute atomic E-state index is 12.1. The predicted molar refractivity (Wildman–Crippen MR) is 65.5 cm³/mol. The van der Waals surface area contributed by atoms with Crippen LogP contribution in [0.15, 0.2) is 0 Å². The van der Waals surface area contributed by atoms with E-state index in [2.05, 4.69) is 10.2 Å². The molecule has 1 heterocycles. The molecule has 0 aromatic heterocycles. The molecule has 3 unspecified atom stereocenters. The minimum Gasteiger partial charge on any atom is -0.307 e. The van der Waals surface area contributed by atoms with Crippen molar-refractivity contribution in [2.45, 2.75) is 57.3 Å². The summed E-state index contributed by atoms with van der Waals surface area (Å²) in [5.74, 6) is 0.795. The van der Waals surface area contributed by atoms with E-state index in [4.69, 9.17) is 0 Å². The zero-order valence-corrected chi connectivity index (χ0v) is 11.0. The van der Waals surface area contributed by atoms with Crippen LogP contribution in [0.5, 0.6) is 0 Å². The minimum atomic E-state index is -4.10. The van der Waals surface area contributed by atoms with Gasteiger partial charge in [-0.05, 0) is 45.1 Å². The maximum atomic E-state index is 12.1. The van der Waals surface area contributed by atoms with E-state index in [1.54, 1.807) is 0 Å². The number of likely N-dealkylation sites (tertiary alicyclic amines) is 1. The molecule has 0 aromatic rings. The van der Waals surface area contributed by atoms with E-state index in [0.717, 1.165) is 12.5 Å². The van der Waals surface area contributed by atoms with Crippen LogP contribution < -0.4 is 5.32 Å². The van der Waals surface area contributed by atoms with Gasteiger partial charge >= 0.3 is 6.18 Å². The van der Waals surface area contributed by atoms with Gasteiger partial charge < -0.3 is 5.32 Å². The van der Waals surface area contributed by atoms with Crippen molar-refractivity contribution in [3.63, 3.8) is 0 Å². The molecule has 1 aliphatic carbocycles. The molecule has 0 radical (unpaired) electrons. The van der Waals surface area contributed by atoms with Crippen LogP contribution in [0, 0.1) is 5.92 Å². The Balaban J connectivity index is 1.79. The van der Waals surface area contributed by atoms with Crippen LogP contribution in [-0.2, 0) is 0 Å². The number of piperidine rings is 1. The Morgan fingerprint density at radius 2 is 1.94 bits per heavy atom. The first-order chi connectivity index (χ1) is 8.47. The lowest BCUT2D eigenvalue weighted by molar-refractivity contribution is -0.125. The third-order valence-electron chi connectivity index (χ3n) is 4.37. The van der Waals surface area contributed by atoms with Gasteiger partial charge in [0.25, 0.3) is 0 Å². The van der Waals surface area contributed by atoms with E-state index in [1.807, 2.05) is 6.92 Å². The molecule has 0 bridgehead atoms. The Bertz CT molecular complexity index is 267. The van der Waals surface area contributed by atoms with Crippen molar-refractivity contribution in [2.75, 3.05) is 19.6 Å². The Morgan fingerprint density at radius 1 is 1.22 bits per heavy atom. The molecule has 1 saturated heterocycles. The summed E-state index contributed by atoms with van der Waals surface area (Å²) in [5.41, 5.74) is 0. The Kier molecular flexibility index (Phi) is 4.54. The van der Waals surface area contributed by atoms with Gasteiger partial charge in [0.1, 0.15) is 0 Å². The highest BCUT2D eigenvalue weighted by molar-refractivity contribution is 4.91. The summed E-state index contributed by atoms with van der Waals surface area (Å²) in [5, 5.41) is 2.54. The van der Waals surface area contributed by atoms with Gasteiger partial charge in [-0.3, -0.25) is 4.90 Å². The average molecular weight is 264 g/mol. The van der Waals surface area contributed by atoms with Gasteiger partial charge in [0, 0.05) is 18.6 Å². The molecule has 1 aliphatic heterocycles. The maximum Gasteiger partial charge on any atom is 0.401 e. The lowest BCUT2D eigenvalue weighted by atomic mass is 9.91. The number of hydrogen-bond acceptors (Lipinski definition) is 2. The zero-order valence-electron chi connectivity index (χ0n) is 11.0. The fraction of sp³-hybridized carbons (Fsp3) is 1.00. The van der Waals surface area contributed by atoms with E-state index in [9.17, 15) is 13.2 Å². The summed E-state index contributed by atoms with van der Waals surface area (Å²) in [7, 11) is 0. The predicted octanol–water partition coefficient (Wildman–Crippen LogP) is 2.79. The normalized spacial score (nSPS) is 31.3. The molecular formula is C13H23F3N2. The van der Waals surface area contributed by atoms with E-state index in [0.29, 0.717) is 12.6 Å². The second-order valence-corrected chi connectivity index (χ2v) is 5.73. The smallest absolute Gasteiger partial charge is 0.307 e. The molecule has 3 atom stereocenters. The summed E-state index contributed by atoms with van der Waals surface area (Å²) in [6.07, 6.45) is 2.23. The molecule has 2 fully saturated rings. The topological polar surface area (TPSA) is 15.3 Å². The number of halogens is 3. The quantitative estimate of drug-likeness (QED) is 0.840. The molecule has 2 nitrogen and oxygen atoms in total. The first-order valence-corrected chi connectivity index (χ1v) is 7.00. The van der Waals surface area contributed by atoms with Crippen molar-refractivity contribution in [3.8, 4) is 0 Å². The summed E-state index contributed by atoms with van der Waals surface area (Å²) in [6.45, 7) is 2.65. The van der Waals surface area contributed by atoms with Crippen LogP contribution in [0.25, 0.3) is 0 Å². The SMILES string of the molecule is CC(CNCC(F)(F)F)N1CCCC2CCCC21. The highest BCUT2D eigenvalue weighted by Crippen LogP contribution is 2.37. The number of nitrogens with zero attached hydrogens (tertiary/aromatic N) is 1. The lowest BCUT2D eigenvalue weighted by Gasteiger charge is -2.41. The molecule has 106 valence electrons. The molecule has 0 amide bonds. The molecule has 1 N–H and O–H groups in total. The Morgan fingerprint density at radius 3 is 2.67 bits per heavy atom. The number of fused-ring (bicyclic) bond motifs is 1. The van der Waals surface area contributed by atoms with Crippen LogP contribution in [0.4, 0.5) is 13.2 Å². The van der Waals surface area contributed by atoms with E-state index in [-0.39, 0.29) is 6.04 Å². The molecule has 0 spiro atoms. The molecule has 1 saturated carbocycles. The summed E-state index contributed by atoms with van der Waals surface area (Å²) in [6, 6.07) is 0.833. The molecule has 18 heavy (non-hydrogen) atoms. The molecule has 2 rings (SSSR count). The molecular weight excluding hydrogens is 241 g/mol. The van der Waals surface area contributed by atoms with Crippen LogP contribution in [0.3, 0.4) is 0 Å². The number of nitrogens with one attached hydrogen (secondary N) is 1. The highest BCUT2D eigenvalue weighted by atomic mass is 19.4. The minimum absolute atomic E-state index is 0.207. The Labute approximate surface area is 107 Å². The zero-order chi connectivity index (χ0) is 13.2. The highest BCUT2D eigenvalue weighted by Gasteiger charge is 2.37. The van der Waals surface area contributed by atoms with Crippen molar-refractivity contribution in [2.24, 2.45) is 5.92 Å². The van der Waals surface area contributed by atoms with Crippen molar-refractivity contribution in [1.29, 1.82) is 0 Å². The third-order valence-corrected chi connectivity index (χ3v) is 4.37. The van der Waals surface area contributed by atoms with Gasteiger partial charge in [-0.1, -0.05) is 6.42 Å². The van der Waals surface area contributed by atoms with Gasteiger partial charge in [0.15, 0.2) is 0 Å². The van der Waals surface area contributed by atoms with Crippen LogP contribution in [0.1, 0.15) is 39.0 Å². The summed E-state index contributed by atoms with van der Waals surface area (Å²) >= 11 is 0. The third kappa shape index (κ3) is 3.60. The molecule has 2 aliphatic rings. The van der Waals surface area contributed by atoms with Gasteiger partial charge in [0.05, 0.1) is 6.54 Å². The summed E-state index contributed by atoms with van der Waals surface area (Å²) < 4.78 is 36.3. The first kappa shape index (κ1) is 14.1.